The lowest BCUT2D eigenvalue weighted by atomic mass is 10.2. The molecule has 1 aromatic heterocycles. The van der Waals surface area contributed by atoms with Gasteiger partial charge in [-0.1, -0.05) is 23.4 Å². The Bertz CT molecular complexity index is 850. The first-order chi connectivity index (χ1) is 11.3. The van der Waals surface area contributed by atoms with E-state index >= 15 is 0 Å². The molecule has 0 aliphatic carbocycles. The first-order valence-electron chi connectivity index (χ1n) is 7.19. The summed E-state index contributed by atoms with van der Waals surface area (Å²) in [6.45, 7) is 3.72. The summed E-state index contributed by atoms with van der Waals surface area (Å²) in [5.74, 6) is -0.520. The smallest absolute Gasteiger partial charge is 0.321 e. The average molecular weight is 369 g/mol. The lowest BCUT2D eigenvalue weighted by molar-refractivity contribution is -0.117. The molecule has 2 rings (SSSR count). The molecule has 1 heterocycles. The number of hydrogen-bond acceptors (Lipinski definition) is 5. The first kappa shape index (κ1) is 18.3. The second-order valence-electron chi connectivity index (χ2n) is 5.24. The molecule has 9 heteroatoms. The van der Waals surface area contributed by atoms with Crippen molar-refractivity contribution in [2.75, 3.05) is 12.8 Å². The van der Waals surface area contributed by atoms with Crippen molar-refractivity contribution in [3.8, 4) is 0 Å². The van der Waals surface area contributed by atoms with Crippen LogP contribution in [0.4, 0.5) is 4.79 Å². The van der Waals surface area contributed by atoms with Gasteiger partial charge < -0.3 is 5.32 Å². The van der Waals surface area contributed by atoms with Gasteiger partial charge in [0.2, 0.25) is 5.91 Å². The van der Waals surface area contributed by atoms with E-state index in [9.17, 15) is 14.4 Å². The van der Waals surface area contributed by atoms with Crippen molar-refractivity contribution < 1.29 is 9.59 Å². The molecule has 0 aliphatic heterocycles. The zero-order chi connectivity index (χ0) is 17.9. The molecule has 1 aromatic carbocycles. The Kier molecular flexibility index (Phi) is 5.84. The molecule has 2 aromatic rings. The Balaban J connectivity index is 2.37. The number of hydrogen-bond donors (Lipinski definition) is 2. The molecule has 0 spiro atoms. The van der Waals surface area contributed by atoms with Crippen molar-refractivity contribution in [3.05, 3.63) is 33.6 Å². The fraction of sp³-hybridized carbons (Fsp3) is 0.333. The van der Waals surface area contributed by atoms with E-state index in [1.165, 1.54) is 11.6 Å². The van der Waals surface area contributed by atoms with E-state index in [2.05, 4.69) is 15.6 Å². The van der Waals surface area contributed by atoms with E-state index in [-0.39, 0.29) is 17.4 Å². The highest BCUT2D eigenvalue weighted by molar-refractivity contribution is 7.99. The minimum Gasteiger partial charge on any atom is -0.341 e. The number of rotatable bonds is 4. The predicted molar refractivity (Wildman–Crippen MR) is 94.7 cm³/mol. The van der Waals surface area contributed by atoms with Crippen molar-refractivity contribution in [3.63, 3.8) is 0 Å². The van der Waals surface area contributed by atoms with Crippen molar-refractivity contribution in [2.24, 2.45) is 0 Å². The molecule has 7 nitrogen and oxygen atoms in total. The van der Waals surface area contributed by atoms with Crippen LogP contribution < -0.4 is 16.2 Å². The standard InChI is InChI=1S/C15H17ClN4O3S/c1-8(2)20-13(22)10-5-4-9(16)6-11(10)18-15(20)24-7-12(21)19-14(23)17-3/h4-6,8H,7H2,1-3H3,(H2,17,19,21,23). The molecule has 0 unspecified atom stereocenters. The van der Waals surface area contributed by atoms with Crippen molar-refractivity contribution >= 4 is 46.2 Å². The van der Waals surface area contributed by atoms with Gasteiger partial charge in [0.15, 0.2) is 5.16 Å². The van der Waals surface area contributed by atoms with Crippen molar-refractivity contribution in [1.82, 2.24) is 20.2 Å². The zero-order valence-corrected chi connectivity index (χ0v) is 15.0. The van der Waals surface area contributed by atoms with Crippen LogP contribution in [0, 0.1) is 0 Å². The van der Waals surface area contributed by atoms with E-state index in [1.54, 1.807) is 18.2 Å². The third-order valence-corrected chi connectivity index (χ3v) is 4.35. The molecule has 3 amide bonds. The van der Waals surface area contributed by atoms with Crippen LogP contribution in [0.2, 0.25) is 5.02 Å². The number of benzene rings is 1. The maximum absolute atomic E-state index is 12.7. The van der Waals surface area contributed by atoms with Crippen LogP contribution in [0.15, 0.2) is 28.2 Å². The molecule has 2 N–H and O–H groups in total. The largest absolute Gasteiger partial charge is 0.341 e. The van der Waals surface area contributed by atoms with Crippen molar-refractivity contribution in [2.45, 2.75) is 25.0 Å². The van der Waals surface area contributed by atoms with Crippen LogP contribution in [-0.2, 0) is 4.79 Å². The van der Waals surface area contributed by atoms with E-state index < -0.39 is 11.9 Å². The maximum atomic E-state index is 12.7. The van der Waals surface area contributed by atoms with Gasteiger partial charge in [-0.2, -0.15) is 0 Å². The summed E-state index contributed by atoms with van der Waals surface area (Å²) in [7, 11) is 1.42. The molecular weight excluding hydrogens is 352 g/mol. The van der Waals surface area contributed by atoms with Gasteiger partial charge in [0, 0.05) is 18.1 Å². The number of thioether (sulfide) groups is 1. The SMILES string of the molecule is CNC(=O)NC(=O)CSc1nc2cc(Cl)ccc2c(=O)n1C(C)C. The number of imide groups is 1. The van der Waals surface area contributed by atoms with Gasteiger partial charge in [-0.05, 0) is 32.0 Å². The number of carbonyl (C=O) groups excluding carboxylic acids is 2. The summed E-state index contributed by atoms with van der Waals surface area (Å²) < 4.78 is 1.52. The summed E-state index contributed by atoms with van der Waals surface area (Å²) in [5.41, 5.74) is 0.277. The van der Waals surface area contributed by atoms with Gasteiger partial charge in [0.1, 0.15) is 0 Å². The molecule has 0 atom stereocenters. The Morgan fingerprint density at radius 2 is 2.08 bits per heavy atom. The van der Waals surface area contributed by atoms with Gasteiger partial charge in [0.25, 0.3) is 5.56 Å². The number of amides is 3. The fourth-order valence-electron chi connectivity index (χ4n) is 2.06. The predicted octanol–water partition coefficient (Wildman–Crippen LogP) is 2.18. The van der Waals surface area contributed by atoms with Gasteiger partial charge in [0.05, 0.1) is 16.7 Å². The van der Waals surface area contributed by atoms with E-state index in [0.717, 1.165) is 11.8 Å². The highest BCUT2D eigenvalue weighted by Gasteiger charge is 2.16. The third kappa shape index (κ3) is 4.07. The Labute approximate surface area is 147 Å². The van der Waals surface area contributed by atoms with E-state index in [0.29, 0.717) is 21.1 Å². The van der Waals surface area contributed by atoms with E-state index in [4.69, 9.17) is 11.6 Å². The Morgan fingerprint density at radius 3 is 2.71 bits per heavy atom. The minimum atomic E-state index is -0.583. The highest BCUT2D eigenvalue weighted by atomic mass is 35.5. The molecule has 0 fully saturated rings. The average Bonchev–Trinajstić information content (AvgIpc) is 2.51. The summed E-state index contributed by atoms with van der Waals surface area (Å²) in [6, 6.07) is 4.17. The molecule has 0 saturated carbocycles. The summed E-state index contributed by atoms with van der Waals surface area (Å²) in [6.07, 6.45) is 0. The van der Waals surface area contributed by atoms with Crippen LogP contribution in [0.3, 0.4) is 0 Å². The van der Waals surface area contributed by atoms with Crippen LogP contribution in [0.1, 0.15) is 19.9 Å². The number of aromatic nitrogens is 2. The lowest BCUT2D eigenvalue weighted by Crippen LogP contribution is -2.38. The van der Waals surface area contributed by atoms with Crippen molar-refractivity contribution in [1.29, 1.82) is 0 Å². The number of fused-ring (bicyclic) bond motifs is 1. The van der Waals surface area contributed by atoms with Gasteiger partial charge in [-0.25, -0.2) is 9.78 Å². The third-order valence-electron chi connectivity index (χ3n) is 3.16. The Hall–Kier alpha value is -2.06. The number of urea groups is 1. The van der Waals surface area contributed by atoms with Gasteiger partial charge >= 0.3 is 6.03 Å². The number of halogens is 1. The molecule has 0 bridgehead atoms. The van der Waals surface area contributed by atoms with Crippen LogP contribution in [0.25, 0.3) is 10.9 Å². The second-order valence-corrected chi connectivity index (χ2v) is 6.62. The molecule has 24 heavy (non-hydrogen) atoms. The molecule has 128 valence electrons. The summed E-state index contributed by atoms with van der Waals surface area (Å²) in [5, 5.41) is 5.80. The normalized spacial score (nSPS) is 10.9. The topological polar surface area (TPSA) is 93.1 Å². The van der Waals surface area contributed by atoms with Gasteiger partial charge in [-0.15, -0.1) is 0 Å². The lowest BCUT2D eigenvalue weighted by Gasteiger charge is -2.16. The number of nitrogens with zero attached hydrogens (tertiary/aromatic N) is 2. The number of nitrogens with one attached hydrogen (secondary N) is 2. The fourth-order valence-corrected chi connectivity index (χ4v) is 3.16. The highest BCUT2D eigenvalue weighted by Crippen LogP contribution is 2.22. The van der Waals surface area contributed by atoms with Crippen LogP contribution in [-0.4, -0.2) is 34.3 Å². The molecule has 0 saturated heterocycles. The van der Waals surface area contributed by atoms with Gasteiger partial charge in [-0.3, -0.25) is 19.5 Å². The summed E-state index contributed by atoms with van der Waals surface area (Å²) in [4.78, 5) is 40.0. The van der Waals surface area contributed by atoms with Crippen LogP contribution in [0.5, 0.6) is 0 Å². The molecule has 0 radical (unpaired) electrons. The quantitative estimate of drug-likeness (QED) is 0.637. The minimum absolute atomic E-state index is 0.0430. The Morgan fingerprint density at radius 1 is 1.38 bits per heavy atom. The second kappa shape index (κ2) is 7.67. The number of carbonyl (C=O) groups is 2. The molecular formula is C15H17ClN4O3S. The zero-order valence-electron chi connectivity index (χ0n) is 13.4. The molecule has 0 aliphatic rings. The first-order valence-corrected chi connectivity index (χ1v) is 8.56. The maximum Gasteiger partial charge on any atom is 0.321 e. The van der Waals surface area contributed by atoms with E-state index in [1.807, 2.05) is 13.8 Å². The summed E-state index contributed by atoms with van der Waals surface area (Å²) >= 11 is 7.05. The van der Waals surface area contributed by atoms with Crippen LogP contribution >= 0.6 is 23.4 Å². The monoisotopic (exact) mass is 368 g/mol.